The summed E-state index contributed by atoms with van der Waals surface area (Å²) in [5, 5.41) is 2.94. The third-order valence-electron chi connectivity index (χ3n) is 4.47. The molecule has 0 spiro atoms. The van der Waals surface area contributed by atoms with Crippen LogP contribution in [0.4, 0.5) is 13.2 Å². The molecule has 8 heteroatoms. The van der Waals surface area contributed by atoms with Crippen molar-refractivity contribution >= 4 is 11.9 Å². The van der Waals surface area contributed by atoms with Gasteiger partial charge >= 0.3 is 18.1 Å². The molecule has 0 radical (unpaired) electrons. The summed E-state index contributed by atoms with van der Waals surface area (Å²) in [6, 6.07) is 16.2. The Labute approximate surface area is 179 Å². The molecule has 2 aromatic rings. The number of carbonyl (C=O) groups is 2. The first-order valence-electron chi connectivity index (χ1n) is 10.0. The van der Waals surface area contributed by atoms with Crippen molar-refractivity contribution in [1.29, 1.82) is 0 Å². The van der Waals surface area contributed by atoms with Crippen LogP contribution in [0.1, 0.15) is 29.5 Å². The van der Waals surface area contributed by atoms with Crippen molar-refractivity contribution in [2.24, 2.45) is 0 Å². The zero-order valence-electron chi connectivity index (χ0n) is 17.3. The van der Waals surface area contributed by atoms with Crippen LogP contribution in [-0.4, -0.2) is 37.8 Å². The number of carbonyl (C=O) groups excluding carboxylic acids is 2. The highest BCUT2D eigenvalue weighted by molar-refractivity contribution is 5.88. The monoisotopic (exact) mass is 437 g/mol. The maximum Gasteiger partial charge on any atom is 0.491 e. The molecule has 0 aliphatic carbocycles. The number of alkyl halides is 3. The van der Waals surface area contributed by atoms with Crippen molar-refractivity contribution in [3.05, 3.63) is 65.2 Å². The lowest BCUT2D eigenvalue weighted by Gasteiger charge is -2.08. The Morgan fingerprint density at radius 3 is 2.16 bits per heavy atom. The predicted molar refractivity (Wildman–Crippen MR) is 110 cm³/mol. The van der Waals surface area contributed by atoms with E-state index in [1.165, 1.54) is 11.1 Å². The van der Waals surface area contributed by atoms with Gasteiger partial charge in [0.1, 0.15) is 5.75 Å². The molecule has 0 aromatic heterocycles. The molecule has 2 rings (SSSR count). The maximum absolute atomic E-state index is 12.0. The molecular formula is C23H26F3NO4. The fraction of sp³-hybridized carbons (Fsp3) is 0.391. The van der Waals surface area contributed by atoms with Crippen LogP contribution in [-0.2, 0) is 27.2 Å². The van der Waals surface area contributed by atoms with E-state index in [1.54, 1.807) is 0 Å². The molecule has 5 nitrogen and oxygen atoms in total. The Hall–Kier alpha value is -2.87. The van der Waals surface area contributed by atoms with Gasteiger partial charge in [0.05, 0.1) is 13.0 Å². The van der Waals surface area contributed by atoms with Crippen molar-refractivity contribution in [3.63, 3.8) is 0 Å². The molecule has 1 N–H and O–H groups in total. The lowest BCUT2D eigenvalue weighted by atomic mass is 10.1. The summed E-state index contributed by atoms with van der Waals surface area (Å²) in [6.07, 6.45) is -3.05. The number of benzene rings is 2. The molecule has 168 valence electrons. The summed E-state index contributed by atoms with van der Waals surface area (Å²) in [5.74, 6) is -2.88. The van der Waals surface area contributed by atoms with Gasteiger partial charge in [-0.1, -0.05) is 42.0 Å². The minimum absolute atomic E-state index is 0.137. The summed E-state index contributed by atoms with van der Waals surface area (Å²) in [7, 11) is 0. The topological polar surface area (TPSA) is 64.6 Å². The summed E-state index contributed by atoms with van der Waals surface area (Å²) in [5.41, 5.74) is 3.59. The number of hydrogen-bond acceptors (Lipinski definition) is 5. The van der Waals surface area contributed by atoms with Crippen LogP contribution in [0.25, 0.3) is 0 Å². The Morgan fingerprint density at radius 1 is 0.903 bits per heavy atom. The van der Waals surface area contributed by atoms with E-state index in [0.29, 0.717) is 13.2 Å². The molecule has 0 unspecified atom stereocenters. The highest BCUT2D eigenvalue weighted by atomic mass is 19.4. The molecular weight excluding hydrogens is 411 g/mol. The van der Waals surface area contributed by atoms with Crippen molar-refractivity contribution < 1.29 is 32.2 Å². The Kier molecular flexibility index (Phi) is 9.52. The van der Waals surface area contributed by atoms with Crippen LogP contribution in [0, 0.1) is 6.92 Å². The van der Waals surface area contributed by atoms with Crippen LogP contribution < -0.4 is 10.1 Å². The summed E-state index contributed by atoms with van der Waals surface area (Å²) in [4.78, 5) is 21.7. The predicted octanol–water partition coefficient (Wildman–Crippen LogP) is 4.16. The fourth-order valence-electron chi connectivity index (χ4n) is 2.74. The van der Waals surface area contributed by atoms with Gasteiger partial charge in [-0.3, -0.25) is 4.79 Å². The minimum atomic E-state index is -5.16. The maximum atomic E-state index is 12.0. The highest BCUT2D eigenvalue weighted by Crippen LogP contribution is 2.17. The second kappa shape index (κ2) is 12.1. The molecule has 0 saturated carbocycles. The van der Waals surface area contributed by atoms with Gasteiger partial charge in [0.25, 0.3) is 0 Å². The largest absolute Gasteiger partial charge is 0.493 e. The SMILES string of the molecule is Cc1ccc(CCOc2ccc(CCCNCCC(=O)OC(=O)C(F)(F)F)cc2)cc1. The number of nitrogens with one attached hydrogen (secondary N) is 1. The summed E-state index contributed by atoms with van der Waals surface area (Å²) < 4.78 is 45.4. The van der Waals surface area contributed by atoms with Gasteiger partial charge in [-0.25, -0.2) is 4.79 Å². The number of halogens is 3. The number of rotatable bonds is 11. The van der Waals surface area contributed by atoms with Crippen molar-refractivity contribution in [3.8, 4) is 5.75 Å². The molecule has 0 saturated heterocycles. The molecule has 2 aromatic carbocycles. The van der Waals surface area contributed by atoms with Gasteiger partial charge in [-0.05, 0) is 49.6 Å². The van der Waals surface area contributed by atoms with E-state index >= 15 is 0 Å². The molecule has 0 aliphatic rings. The van der Waals surface area contributed by atoms with Crippen molar-refractivity contribution in [2.75, 3.05) is 19.7 Å². The lowest BCUT2D eigenvalue weighted by molar-refractivity contribution is -0.201. The molecule has 0 aliphatic heterocycles. The van der Waals surface area contributed by atoms with Gasteiger partial charge < -0.3 is 14.8 Å². The average molecular weight is 437 g/mol. The molecule has 0 heterocycles. The van der Waals surface area contributed by atoms with E-state index in [4.69, 9.17) is 4.74 Å². The normalized spacial score (nSPS) is 11.2. The molecule has 0 amide bonds. The first-order valence-corrected chi connectivity index (χ1v) is 10.0. The molecule has 0 fully saturated rings. The second-order valence-corrected chi connectivity index (χ2v) is 7.09. The molecule has 0 atom stereocenters. The first-order chi connectivity index (χ1) is 14.7. The smallest absolute Gasteiger partial charge is 0.491 e. The van der Waals surface area contributed by atoms with Crippen LogP contribution >= 0.6 is 0 Å². The van der Waals surface area contributed by atoms with Gasteiger partial charge in [0.15, 0.2) is 0 Å². The van der Waals surface area contributed by atoms with E-state index in [9.17, 15) is 22.8 Å². The molecule has 31 heavy (non-hydrogen) atoms. The van der Waals surface area contributed by atoms with E-state index in [0.717, 1.165) is 30.6 Å². The van der Waals surface area contributed by atoms with E-state index < -0.39 is 18.1 Å². The summed E-state index contributed by atoms with van der Waals surface area (Å²) >= 11 is 0. The van der Waals surface area contributed by atoms with Gasteiger partial charge in [-0.15, -0.1) is 0 Å². The quantitative estimate of drug-likeness (QED) is 0.325. The Bertz CT molecular complexity index is 833. The zero-order valence-corrected chi connectivity index (χ0v) is 17.3. The van der Waals surface area contributed by atoms with Crippen LogP contribution in [0.3, 0.4) is 0 Å². The van der Waals surface area contributed by atoms with Crippen LogP contribution in [0.2, 0.25) is 0 Å². The van der Waals surface area contributed by atoms with Gasteiger partial charge in [-0.2, -0.15) is 13.2 Å². The van der Waals surface area contributed by atoms with E-state index in [1.807, 2.05) is 24.3 Å². The highest BCUT2D eigenvalue weighted by Gasteiger charge is 2.42. The third kappa shape index (κ3) is 9.65. The van der Waals surface area contributed by atoms with Gasteiger partial charge in [0.2, 0.25) is 0 Å². The van der Waals surface area contributed by atoms with Crippen LogP contribution in [0.15, 0.2) is 48.5 Å². The minimum Gasteiger partial charge on any atom is -0.493 e. The van der Waals surface area contributed by atoms with E-state index in [-0.39, 0.29) is 13.0 Å². The second-order valence-electron chi connectivity index (χ2n) is 7.09. The zero-order chi connectivity index (χ0) is 22.7. The fourth-order valence-corrected chi connectivity index (χ4v) is 2.74. The van der Waals surface area contributed by atoms with E-state index in [2.05, 4.69) is 41.2 Å². The first kappa shape index (κ1) is 24.4. The molecule has 0 bridgehead atoms. The number of ether oxygens (including phenoxy) is 2. The Morgan fingerprint density at radius 2 is 1.52 bits per heavy atom. The van der Waals surface area contributed by atoms with Crippen molar-refractivity contribution in [2.45, 2.75) is 38.8 Å². The standard InChI is InChI=1S/C23H26F3NO4/c1-17-4-6-19(7-5-17)13-16-30-20-10-8-18(9-11-20)3-2-14-27-15-12-21(28)31-22(29)23(24,25)26/h4-11,27H,2-3,12-16H2,1H3. The summed E-state index contributed by atoms with van der Waals surface area (Å²) in [6.45, 7) is 3.37. The lowest BCUT2D eigenvalue weighted by Crippen LogP contribution is -2.29. The van der Waals surface area contributed by atoms with Gasteiger partial charge in [0, 0.05) is 13.0 Å². The number of esters is 2. The third-order valence-corrected chi connectivity index (χ3v) is 4.47. The number of hydrogen-bond donors (Lipinski definition) is 1. The Balaban J connectivity index is 1.56. The number of aryl methyl sites for hydroxylation is 2. The van der Waals surface area contributed by atoms with Crippen LogP contribution in [0.5, 0.6) is 5.75 Å². The van der Waals surface area contributed by atoms with Crippen molar-refractivity contribution in [1.82, 2.24) is 5.32 Å². The average Bonchev–Trinajstić information content (AvgIpc) is 2.72.